The Morgan fingerprint density at radius 1 is 1.08 bits per heavy atom. The molecule has 0 spiro atoms. The van der Waals surface area contributed by atoms with Gasteiger partial charge in [-0.05, 0) is 43.9 Å². The first kappa shape index (κ1) is 16.7. The molecule has 1 fully saturated rings. The topological polar surface area (TPSA) is 70.1 Å². The minimum atomic E-state index is -0.290. The summed E-state index contributed by atoms with van der Waals surface area (Å²) in [6.07, 6.45) is 4.93. The van der Waals surface area contributed by atoms with Gasteiger partial charge >= 0.3 is 6.03 Å². The van der Waals surface area contributed by atoms with Gasteiger partial charge in [0.15, 0.2) is 0 Å². The average molecular weight is 345 g/mol. The van der Waals surface area contributed by atoms with Crippen LogP contribution in [0.4, 0.5) is 20.7 Å². The van der Waals surface area contributed by atoms with Gasteiger partial charge in [0.1, 0.15) is 0 Å². The SMILES string of the molecule is Cc1ccc(C)c(NC(=O)Nc2nnc(N3CCCCCC3)s2)c1. The lowest BCUT2D eigenvalue weighted by atomic mass is 10.1. The maximum atomic E-state index is 12.2. The summed E-state index contributed by atoms with van der Waals surface area (Å²) in [5, 5.41) is 15.4. The summed E-state index contributed by atoms with van der Waals surface area (Å²) in [5.41, 5.74) is 2.94. The Labute approximate surface area is 146 Å². The Balaban J connectivity index is 1.61. The molecule has 3 rings (SSSR count). The number of benzene rings is 1. The van der Waals surface area contributed by atoms with E-state index in [2.05, 4.69) is 25.7 Å². The van der Waals surface area contributed by atoms with Crippen molar-refractivity contribution in [3.05, 3.63) is 29.3 Å². The Hall–Kier alpha value is -2.15. The van der Waals surface area contributed by atoms with Crippen LogP contribution in [0.5, 0.6) is 0 Å². The van der Waals surface area contributed by atoms with Crippen molar-refractivity contribution in [2.45, 2.75) is 39.5 Å². The molecule has 6 nitrogen and oxygen atoms in total. The van der Waals surface area contributed by atoms with Crippen LogP contribution in [0.15, 0.2) is 18.2 Å². The minimum Gasteiger partial charge on any atom is -0.347 e. The van der Waals surface area contributed by atoms with E-state index in [1.165, 1.54) is 37.0 Å². The molecule has 2 N–H and O–H groups in total. The van der Waals surface area contributed by atoms with Gasteiger partial charge in [0.2, 0.25) is 10.3 Å². The largest absolute Gasteiger partial charge is 0.347 e. The lowest BCUT2D eigenvalue weighted by Crippen LogP contribution is -2.23. The molecule has 1 aliphatic heterocycles. The fraction of sp³-hybridized carbons (Fsp3) is 0.471. The molecule has 0 aliphatic carbocycles. The number of nitrogens with zero attached hydrogens (tertiary/aromatic N) is 3. The normalized spacial score (nSPS) is 15.0. The van der Waals surface area contributed by atoms with Gasteiger partial charge < -0.3 is 10.2 Å². The molecule has 128 valence electrons. The molecular weight excluding hydrogens is 322 g/mol. The smallest absolute Gasteiger partial charge is 0.325 e. The first-order chi connectivity index (χ1) is 11.6. The van der Waals surface area contributed by atoms with E-state index >= 15 is 0 Å². The van der Waals surface area contributed by atoms with Crippen molar-refractivity contribution in [3.8, 4) is 0 Å². The molecule has 24 heavy (non-hydrogen) atoms. The van der Waals surface area contributed by atoms with Gasteiger partial charge in [0.05, 0.1) is 0 Å². The van der Waals surface area contributed by atoms with Crippen LogP contribution >= 0.6 is 11.3 Å². The second kappa shape index (κ2) is 7.61. The van der Waals surface area contributed by atoms with Crippen LogP contribution in [-0.2, 0) is 0 Å². The number of anilines is 3. The second-order valence-corrected chi connectivity index (χ2v) is 7.14. The van der Waals surface area contributed by atoms with Crippen LogP contribution in [0.1, 0.15) is 36.8 Å². The zero-order valence-electron chi connectivity index (χ0n) is 14.1. The van der Waals surface area contributed by atoms with E-state index in [1.54, 1.807) is 0 Å². The summed E-state index contributed by atoms with van der Waals surface area (Å²) in [6.45, 7) is 6.00. The highest BCUT2D eigenvalue weighted by molar-refractivity contribution is 7.19. The summed E-state index contributed by atoms with van der Waals surface area (Å²) in [5.74, 6) is 0. The number of nitrogens with one attached hydrogen (secondary N) is 2. The minimum absolute atomic E-state index is 0.290. The third-order valence-corrected chi connectivity index (χ3v) is 5.05. The zero-order chi connectivity index (χ0) is 16.9. The molecule has 1 aromatic carbocycles. The summed E-state index contributed by atoms with van der Waals surface area (Å²) in [6, 6.07) is 5.68. The van der Waals surface area contributed by atoms with Crippen molar-refractivity contribution in [3.63, 3.8) is 0 Å². The fourth-order valence-electron chi connectivity index (χ4n) is 2.78. The maximum absolute atomic E-state index is 12.2. The lowest BCUT2D eigenvalue weighted by molar-refractivity contribution is 0.262. The van der Waals surface area contributed by atoms with Crippen molar-refractivity contribution in [2.24, 2.45) is 0 Å². The number of aromatic nitrogens is 2. The summed E-state index contributed by atoms with van der Waals surface area (Å²) >= 11 is 1.43. The monoisotopic (exact) mass is 345 g/mol. The quantitative estimate of drug-likeness (QED) is 0.875. The van der Waals surface area contributed by atoms with E-state index in [-0.39, 0.29) is 6.03 Å². The first-order valence-electron chi connectivity index (χ1n) is 8.35. The number of amides is 2. The molecule has 1 aromatic heterocycles. The third kappa shape index (κ3) is 4.23. The van der Waals surface area contributed by atoms with Crippen LogP contribution < -0.4 is 15.5 Å². The molecule has 1 saturated heterocycles. The summed E-state index contributed by atoms with van der Waals surface area (Å²) in [7, 11) is 0. The van der Waals surface area contributed by atoms with Crippen molar-refractivity contribution < 1.29 is 4.79 Å². The number of hydrogen-bond acceptors (Lipinski definition) is 5. The van der Waals surface area contributed by atoms with Crippen molar-refractivity contribution in [1.29, 1.82) is 0 Å². The number of carbonyl (C=O) groups is 1. The molecule has 2 aromatic rings. The molecule has 7 heteroatoms. The number of carbonyl (C=O) groups excluding carboxylic acids is 1. The number of aryl methyl sites for hydroxylation is 2. The summed E-state index contributed by atoms with van der Waals surface area (Å²) in [4.78, 5) is 14.5. The summed E-state index contributed by atoms with van der Waals surface area (Å²) < 4.78 is 0. The van der Waals surface area contributed by atoms with E-state index < -0.39 is 0 Å². The predicted octanol–water partition coefficient (Wildman–Crippen LogP) is 4.18. The highest BCUT2D eigenvalue weighted by atomic mass is 32.1. The predicted molar refractivity (Wildman–Crippen MR) is 99.1 cm³/mol. The molecule has 0 atom stereocenters. The molecule has 1 aliphatic rings. The van der Waals surface area contributed by atoms with Gasteiger partial charge in [-0.25, -0.2) is 4.79 Å². The van der Waals surface area contributed by atoms with E-state index in [0.717, 1.165) is 35.0 Å². The Kier molecular flexibility index (Phi) is 5.30. The van der Waals surface area contributed by atoms with Crippen molar-refractivity contribution in [1.82, 2.24) is 10.2 Å². The molecule has 0 radical (unpaired) electrons. The zero-order valence-corrected chi connectivity index (χ0v) is 14.9. The Bertz CT molecular complexity index is 707. The lowest BCUT2D eigenvalue weighted by Gasteiger charge is -2.17. The standard InChI is InChI=1S/C17H23N5OS/c1-12-7-8-13(2)14(11-12)18-15(23)19-16-20-21-17(24-16)22-9-5-3-4-6-10-22/h7-8,11H,3-6,9-10H2,1-2H3,(H2,18,19,20,23). The van der Waals surface area contributed by atoms with E-state index in [9.17, 15) is 4.79 Å². The van der Waals surface area contributed by atoms with E-state index in [0.29, 0.717) is 5.13 Å². The second-order valence-electron chi connectivity index (χ2n) is 6.19. The van der Waals surface area contributed by atoms with Gasteiger partial charge in [-0.15, -0.1) is 10.2 Å². The van der Waals surface area contributed by atoms with Crippen molar-refractivity contribution >= 4 is 33.3 Å². The molecule has 0 saturated carbocycles. The van der Waals surface area contributed by atoms with Crippen LogP contribution in [-0.4, -0.2) is 29.3 Å². The van der Waals surface area contributed by atoms with Gasteiger partial charge in [-0.2, -0.15) is 0 Å². The van der Waals surface area contributed by atoms with Gasteiger partial charge in [0, 0.05) is 18.8 Å². The fourth-order valence-corrected chi connectivity index (χ4v) is 3.57. The van der Waals surface area contributed by atoms with Crippen LogP contribution in [0.3, 0.4) is 0 Å². The number of urea groups is 1. The Morgan fingerprint density at radius 3 is 2.58 bits per heavy atom. The molecular formula is C17H23N5OS. The van der Waals surface area contributed by atoms with Gasteiger partial charge in [-0.1, -0.05) is 36.3 Å². The van der Waals surface area contributed by atoms with Crippen LogP contribution in [0.25, 0.3) is 0 Å². The highest BCUT2D eigenvalue weighted by Gasteiger charge is 2.16. The van der Waals surface area contributed by atoms with E-state index in [1.807, 2.05) is 32.0 Å². The van der Waals surface area contributed by atoms with Crippen LogP contribution in [0.2, 0.25) is 0 Å². The van der Waals surface area contributed by atoms with Crippen molar-refractivity contribution in [2.75, 3.05) is 28.6 Å². The molecule has 2 heterocycles. The first-order valence-corrected chi connectivity index (χ1v) is 9.17. The molecule has 0 unspecified atom stereocenters. The number of rotatable bonds is 3. The highest BCUT2D eigenvalue weighted by Crippen LogP contribution is 2.26. The molecule has 0 bridgehead atoms. The van der Waals surface area contributed by atoms with Gasteiger partial charge in [0.25, 0.3) is 0 Å². The molecule has 2 amide bonds. The third-order valence-electron chi connectivity index (χ3n) is 4.15. The van der Waals surface area contributed by atoms with Gasteiger partial charge in [-0.3, -0.25) is 5.32 Å². The Morgan fingerprint density at radius 2 is 1.83 bits per heavy atom. The van der Waals surface area contributed by atoms with E-state index in [4.69, 9.17) is 0 Å². The number of hydrogen-bond donors (Lipinski definition) is 2. The average Bonchev–Trinajstić information content (AvgIpc) is 2.83. The van der Waals surface area contributed by atoms with Crippen LogP contribution in [0, 0.1) is 13.8 Å². The maximum Gasteiger partial charge on any atom is 0.325 e.